The molecule has 0 aliphatic heterocycles. The highest BCUT2D eigenvalue weighted by molar-refractivity contribution is 5.52. The van der Waals surface area contributed by atoms with Crippen molar-refractivity contribution in [3.05, 3.63) is 59.2 Å². The Morgan fingerprint density at radius 2 is 1.75 bits per heavy atom. The van der Waals surface area contributed by atoms with E-state index < -0.39 is 0 Å². The summed E-state index contributed by atoms with van der Waals surface area (Å²) in [6.45, 7) is 0.947. The van der Waals surface area contributed by atoms with Crippen molar-refractivity contribution < 1.29 is 0 Å². The predicted molar refractivity (Wildman–Crippen MR) is 86.6 cm³/mol. The second kappa shape index (κ2) is 5.58. The lowest BCUT2D eigenvalue weighted by atomic mass is 10.1. The van der Waals surface area contributed by atoms with Crippen LogP contribution in [0.1, 0.15) is 23.1 Å². The van der Waals surface area contributed by atoms with Gasteiger partial charge in [-0.3, -0.25) is 0 Å². The zero-order valence-corrected chi connectivity index (χ0v) is 12.3. The second-order valence-electron chi connectivity index (χ2n) is 5.61. The monoisotopic (exact) mass is 266 g/mol. The first-order valence-corrected chi connectivity index (χ1v) is 7.36. The maximum atomic E-state index is 3.15. The lowest BCUT2D eigenvalue weighted by molar-refractivity contribution is 0.908. The molecule has 0 spiro atoms. The van der Waals surface area contributed by atoms with Crippen LogP contribution in [0.4, 0.5) is 11.4 Å². The zero-order chi connectivity index (χ0) is 13.9. The minimum atomic E-state index is 0.947. The maximum absolute atomic E-state index is 3.15. The van der Waals surface area contributed by atoms with Gasteiger partial charge in [-0.1, -0.05) is 18.2 Å². The van der Waals surface area contributed by atoms with Gasteiger partial charge in [0.2, 0.25) is 0 Å². The van der Waals surface area contributed by atoms with E-state index >= 15 is 0 Å². The molecule has 2 aromatic rings. The van der Waals surface area contributed by atoms with E-state index in [9.17, 15) is 0 Å². The number of aryl methyl sites for hydroxylation is 2. The molecular weight excluding hydrogens is 244 g/mol. The predicted octanol–water partition coefficient (Wildman–Crippen LogP) is 3.85. The topological polar surface area (TPSA) is 15.3 Å². The standard InChI is InChI=1S/C18H22N2/c1-19-17-9-6-14(7-10-17)13-20(2)18-11-8-15-4-3-5-16(15)12-18/h6-12,19H,3-5,13H2,1-2H3. The number of hydrogen-bond acceptors (Lipinski definition) is 2. The molecule has 0 unspecified atom stereocenters. The molecule has 104 valence electrons. The molecule has 1 N–H and O–H groups in total. The van der Waals surface area contributed by atoms with Crippen molar-refractivity contribution in [2.45, 2.75) is 25.8 Å². The average molecular weight is 266 g/mol. The van der Waals surface area contributed by atoms with Gasteiger partial charge in [0.15, 0.2) is 0 Å². The fourth-order valence-electron chi connectivity index (χ4n) is 2.94. The molecule has 20 heavy (non-hydrogen) atoms. The first-order chi connectivity index (χ1) is 9.76. The summed E-state index contributed by atoms with van der Waals surface area (Å²) in [4.78, 5) is 2.33. The molecule has 0 fully saturated rings. The molecule has 2 heteroatoms. The Labute approximate surface area is 121 Å². The van der Waals surface area contributed by atoms with Crippen LogP contribution in [0.25, 0.3) is 0 Å². The average Bonchev–Trinajstić information content (AvgIpc) is 2.95. The number of benzene rings is 2. The number of nitrogens with one attached hydrogen (secondary N) is 1. The second-order valence-corrected chi connectivity index (χ2v) is 5.61. The van der Waals surface area contributed by atoms with Gasteiger partial charge in [-0.15, -0.1) is 0 Å². The molecule has 0 radical (unpaired) electrons. The molecule has 1 aliphatic rings. The third-order valence-electron chi connectivity index (χ3n) is 4.19. The lowest BCUT2D eigenvalue weighted by Crippen LogP contribution is -2.16. The highest BCUT2D eigenvalue weighted by Crippen LogP contribution is 2.27. The molecule has 2 aromatic carbocycles. The molecule has 1 aliphatic carbocycles. The Morgan fingerprint density at radius 1 is 1.00 bits per heavy atom. The Bertz CT molecular complexity index is 587. The molecule has 0 heterocycles. The fraction of sp³-hybridized carbons (Fsp3) is 0.333. The van der Waals surface area contributed by atoms with Crippen molar-refractivity contribution in [2.75, 3.05) is 24.3 Å². The number of anilines is 2. The molecule has 0 atom stereocenters. The summed E-state index contributed by atoms with van der Waals surface area (Å²) in [6.07, 6.45) is 3.81. The highest BCUT2D eigenvalue weighted by atomic mass is 15.1. The summed E-state index contributed by atoms with van der Waals surface area (Å²) in [5, 5.41) is 3.15. The Morgan fingerprint density at radius 3 is 2.50 bits per heavy atom. The van der Waals surface area contributed by atoms with Crippen molar-refractivity contribution in [2.24, 2.45) is 0 Å². The van der Waals surface area contributed by atoms with E-state index in [4.69, 9.17) is 0 Å². The van der Waals surface area contributed by atoms with Gasteiger partial charge in [0.1, 0.15) is 0 Å². The van der Waals surface area contributed by atoms with Crippen molar-refractivity contribution in [1.29, 1.82) is 0 Å². The van der Waals surface area contributed by atoms with Crippen LogP contribution in [0, 0.1) is 0 Å². The van der Waals surface area contributed by atoms with E-state index in [0.717, 1.165) is 12.2 Å². The van der Waals surface area contributed by atoms with Gasteiger partial charge in [0.25, 0.3) is 0 Å². The van der Waals surface area contributed by atoms with Crippen molar-refractivity contribution in [3.8, 4) is 0 Å². The number of fused-ring (bicyclic) bond motifs is 1. The summed E-state index contributed by atoms with van der Waals surface area (Å²) in [6, 6.07) is 15.6. The number of nitrogens with zero attached hydrogens (tertiary/aromatic N) is 1. The molecule has 2 nitrogen and oxygen atoms in total. The van der Waals surface area contributed by atoms with Crippen LogP contribution in [-0.4, -0.2) is 14.1 Å². The zero-order valence-electron chi connectivity index (χ0n) is 12.3. The van der Waals surface area contributed by atoms with Crippen LogP contribution < -0.4 is 10.2 Å². The van der Waals surface area contributed by atoms with Gasteiger partial charge in [-0.25, -0.2) is 0 Å². The Hall–Kier alpha value is -1.96. The first kappa shape index (κ1) is 13.0. The minimum absolute atomic E-state index is 0.947. The quantitative estimate of drug-likeness (QED) is 0.904. The summed E-state index contributed by atoms with van der Waals surface area (Å²) in [5.41, 5.74) is 6.91. The van der Waals surface area contributed by atoms with Gasteiger partial charge >= 0.3 is 0 Å². The molecule has 0 saturated carbocycles. The maximum Gasteiger partial charge on any atom is 0.0426 e. The van der Waals surface area contributed by atoms with Crippen molar-refractivity contribution in [1.82, 2.24) is 0 Å². The number of rotatable bonds is 4. The molecule has 0 bridgehead atoms. The van der Waals surface area contributed by atoms with Crippen LogP contribution in [-0.2, 0) is 19.4 Å². The van der Waals surface area contributed by atoms with Gasteiger partial charge in [0, 0.05) is 32.0 Å². The summed E-state index contributed by atoms with van der Waals surface area (Å²) in [5.74, 6) is 0. The smallest absolute Gasteiger partial charge is 0.0426 e. The van der Waals surface area contributed by atoms with Crippen LogP contribution >= 0.6 is 0 Å². The van der Waals surface area contributed by atoms with E-state index in [1.807, 2.05) is 7.05 Å². The summed E-state index contributed by atoms with van der Waals surface area (Å²) in [7, 11) is 4.12. The molecule has 3 rings (SSSR count). The first-order valence-electron chi connectivity index (χ1n) is 7.36. The largest absolute Gasteiger partial charge is 0.388 e. The summed E-state index contributed by atoms with van der Waals surface area (Å²) >= 11 is 0. The van der Waals surface area contributed by atoms with Crippen LogP contribution in [0.3, 0.4) is 0 Å². The van der Waals surface area contributed by atoms with E-state index in [1.54, 1.807) is 11.1 Å². The molecule has 0 saturated heterocycles. The highest BCUT2D eigenvalue weighted by Gasteiger charge is 2.12. The molecule has 0 aromatic heterocycles. The normalized spacial score (nSPS) is 13.1. The SMILES string of the molecule is CNc1ccc(CN(C)c2ccc3c(c2)CCC3)cc1. The van der Waals surface area contributed by atoms with E-state index in [-0.39, 0.29) is 0 Å². The third-order valence-corrected chi connectivity index (χ3v) is 4.19. The van der Waals surface area contributed by atoms with Crippen molar-refractivity contribution in [3.63, 3.8) is 0 Å². The van der Waals surface area contributed by atoms with E-state index in [2.05, 4.69) is 59.7 Å². The van der Waals surface area contributed by atoms with Crippen molar-refractivity contribution >= 4 is 11.4 Å². The molecular formula is C18H22N2. The molecule has 0 amide bonds. The van der Waals surface area contributed by atoms with Gasteiger partial charge in [-0.2, -0.15) is 0 Å². The lowest BCUT2D eigenvalue weighted by Gasteiger charge is -2.20. The van der Waals surface area contributed by atoms with Gasteiger partial charge < -0.3 is 10.2 Å². The van der Waals surface area contributed by atoms with E-state index in [0.29, 0.717) is 0 Å². The van der Waals surface area contributed by atoms with Crippen LogP contribution in [0.15, 0.2) is 42.5 Å². The van der Waals surface area contributed by atoms with Gasteiger partial charge in [0.05, 0.1) is 0 Å². The minimum Gasteiger partial charge on any atom is -0.388 e. The van der Waals surface area contributed by atoms with Crippen LogP contribution in [0.5, 0.6) is 0 Å². The van der Waals surface area contributed by atoms with E-state index in [1.165, 1.54) is 30.5 Å². The fourth-order valence-corrected chi connectivity index (χ4v) is 2.94. The van der Waals surface area contributed by atoms with Gasteiger partial charge in [-0.05, 0) is 60.2 Å². The summed E-state index contributed by atoms with van der Waals surface area (Å²) < 4.78 is 0. The Balaban J connectivity index is 1.73. The Kier molecular flexibility index (Phi) is 3.64. The number of hydrogen-bond donors (Lipinski definition) is 1. The van der Waals surface area contributed by atoms with Crippen LogP contribution in [0.2, 0.25) is 0 Å². The third kappa shape index (κ3) is 2.64.